The molecule has 1 aliphatic carbocycles. The molecule has 2 amide bonds. The van der Waals surface area contributed by atoms with Crippen molar-refractivity contribution in [3.8, 4) is 0 Å². The zero-order valence-corrected chi connectivity index (χ0v) is 18.6. The van der Waals surface area contributed by atoms with Crippen LogP contribution in [0.25, 0.3) is 0 Å². The van der Waals surface area contributed by atoms with Gasteiger partial charge in [0, 0.05) is 44.7 Å². The quantitative estimate of drug-likeness (QED) is 0.770. The molecule has 2 fully saturated rings. The maximum absolute atomic E-state index is 13.9. The number of carbonyl (C=O) groups excluding carboxylic acids is 2. The van der Waals surface area contributed by atoms with Gasteiger partial charge in [-0.2, -0.15) is 0 Å². The zero-order valence-electron chi connectivity index (χ0n) is 18.6. The predicted octanol–water partition coefficient (Wildman–Crippen LogP) is 3.58. The van der Waals surface area contributed by atoms with E-state index in [1.807, 2.05) is 4.90 Å². The Hall–Kier alpha value is -1.95. The maximum Gasteiger partial charge on any atom is 0.237 e. The van der Waals surface area contributed by atoms with Crippen molar-refractivity contribution in [1.82, 2.24) is 15.1 Å². The van der Waals surface area contributed by atoms with Crippen molar-refractivity contribution < 1.29 is 14.0 Å². The number of hydrogen-bond donors (Lipinski definition) is 1. The average molecular weight is 418 g/mol. The lowest BCUT2D eigenvalue weighted by molar-refractivity contribution is -0.136. The van der Waals surface area contributed by atoms with Crippen LogP contribution in [-0.2, 0) is 16.1 Å². The molecular formula is C24H36FN3O2. The standard InChI is InChI=1S/C24H36FN3O2/c1-24(2,3)16-21(29)27-12-14-28(15-13-27)22(18-8-4-5-9-18)23(30)26-17-19-10-6-7-11-20(19)25/h6-7,10-11,18,22H,4-5,8-9,12-17H2,1-3H3,(H,26,30)/t22-/m1/s1. The van der Waals surface area contributed by atoms with Crippen LogP contribution in [0, 0.1) is 17.2 Å². The van der Waals surface area contributed by atoms with Crippen LogP contribution in [0.4, 0.5) is 4.39 Å². The maximum atomic E-state index is 13.9. The van der Waals surface area contributed by atoms with Gasteiger partial charge in [0.2, 0.25) is 11.8 Å². The van der Waals surface area contributed by atoms with E-state index in [0.29, 0.717) is 44.1 Å². The number of amides is 2. The molecule has 0 bridgehead atoms. The number of rotatable bonds is 6. The summed E-state index contributed by atoms with van der Waals surface area (Å²) in [6, 6.07) is 6.37. The van der Waals surface area contributed by atoms with E-state index in [0.717, 1.165) is 25.7 Å². The SMILES string of the molecule is CC(C)(C)CC(=O)N1CCN([C@@H](C(=O)NCc2ccccc2F)C2CCCC2)CC1. The first kappa shape index (κ1) is 22.7. The molecule has 0 radical (unpaired) electrons. The molecule has 30 heavy (non-hydrogen) atoms. The molecule has 6 heteroatoms. The van der Waals surface area contributed by atoms with Crippen molar-refractivity contribution in [3.05, 3.63) is 35.6 Å². The van der Waals surface area contributed by atoms with Crippen LogP contribution in [0.1, 0.15) is 58.4 Å². The molecule has 1 N–H and O–H groups in total. The monoisotopic (exact) mass is 417 g/mol. The second kappa shape index (κ2) is 9.90. The van der Waals surface area contributed by atoms with Crippen molar-refractivity contribution in [2.75, 3.05) is 26.2 Å². The van der Waals surface area contributed by atoms with Crippen LogP contribution in [0.5, 0.6) is 0 Å². The highest BCUT2D eigenvalue weighted by Gasteiger charge is 2.37. The van der Waals surface area contributed by atoms with Crippen LogP contribution in [0.3, 0.4) is 0 Å². The Balaban J connectivity index is 1.61. The predicted molar refractivity (Wildman–Crippen MR) is 116 cm³/mol. The molecule has 1 aromatic rings. The molecule has 1 saturated carbocycles. The Kier molecular flexibility index (Phi) is 7.50. The van der Waals surface area contributed by atoms with Gasteiger partial charge < -0.3 is 10.2 Å². The first-order chi connectivity index (χ1) is 14.2. The smallest absolute Gasteiger partial charge is 0.237 e. The lowest BCUT2D eigenvalue weighted by Crippen LogP contribution is -2.58. The summed E-state index contributed by atoms with van der Waals surface area (Å²) in [6.07, 6.45) is 4.97. The fourth-order valence-electron chi connectivity index (χ4n) is 4.69. The largest absolute Gasteiger partial charge is 0.351 e. The number of hydrogen-bond acceptors (Lipinski definition) is 3. The van der Waals surface area contributed by atoms with E-state index in [9.17, 15) is 14.0 Å². The molecule has 1 saturated heterocycles. The fraction of sp³-hybridized carbons (Fsp3) is 0.667. The van der Waals surface area contributed by atoms with Crippen LogP contribution in [-0.4, -0.2) is 53.8 Å². The van der Waals surface area contributed by atoms with E-state index in [4.69, 9.17) is 0 Å². The minimum Gasteiger partial charge on any atom is -0.351 e. The van der Waals surface area contributed by atoms with E-state index >= 15 is 0 Å². The van der Waals surface area contributed by atoms with E-state index < -0.39 is 0 Å². The average Bonchev–Trinajstić information content (AvgIpc) is 3.21. The Morgan fingerprint density at radius 1 is 1.10 bits per heavy atom. The molecule has 3 rings (SSSR count). The summed E-state index contributed by atoms with van der Waals surface area (Å²) in [5, 5.41) is 2.98. The topological polar surface area (TPSA) is 52.7 Å². The van der Waals surface area contributed by atoms with Gasteiger partial charge in [0.05, 0.1) is 6.04 Å². The van der Waals surface area contributed by atoms with Crippen molar-refractivity contribution >= 4 is 11.8 Å². The highest BCUT2D eigenvalue weighted by Crippen LogP contribution is 2.31. The summed E-state index contributed by atoms with van der Waals surface area (Å²) in [5.41, 5.74) is 0.487. The molecule has 0 unspecified atom stereocenters. The minimum atomic E-state index is -0.291. The zero-order chi connectivity index (χ0) is 21.7. The van der Waals surface area contributed by atoms with Gasteiger partial charge in [-0.25, -0.2) is 4.39 Å². The van der Waals surface area contributed by atoms with E-state index in [2.05, 4.69) is 31.0 Å². The number of nitrogens with one attached hydrogen (secondary N) is 1. The molecule has 1 aromatic carbocycles. The van der Waals surface area contributed by atoms with E-state index in [1.165, 1.54) is 6.07 Å². The van der Waals surface area contributed by atoms with Crippen LogP contribution in [0.2, 0.25) is 0 Å². The summed E-state index contributed by atoms with van der Waals surface area (Å²) >= 11 is 0. The molecule has 2 aliphatic rings. The first-order valence-electron chi connectivity index (χ1n) is 11.3. The van der Waals surface area contributed by atoms with Gasteiger partial charge in [0.25, 0.3) is 0 Å². The summed E-state index contributed by atoms with van der Waals surface area (Å²) in [6.45, 7) is 9.20. The molecular weight excluding hydrogens is 381 g/mol. The summed E-state index contributed by atoms with van der Waals surface area (Å²) < 4.78 is 13.9. The van der Waals surface area contributed by atoms with Gasteiger partial charge in [-0.3, -0.25) is 14.5 Å². The molecule has 1 heterocycles. The van der Waals surface area contributed by atoms with Gasteiger partial charge in [0.15, 0.2) is 0 Å². The van der Waals surface area contributed by atoms with Crippen molar-refractivity contribution in [2.24, 2.45) is 11.3 Å². The number of carbonyl (C=O) groups is 2. The third kappa shape index (κ3) is 6.03. The third-order valence-electron chi connectivity index (χ3n) is 6.27. The second-order valence-electron chi connectivity index (χ2n) is 9.95. The number of piperazine rings is 1. The van der Waals surface area contributed by atoms with Crippen molar-refractivity contribution in [2.45, 2.75) is 65.5 Å². The Morgan fingerprint density at radius 3 is 2.33 bits per heavy atom. The van der Waals surface area contributed by atoms with Gasteiger partial charge in [-0.1, -0.05) is 51.8 Å². The third-order valence-corrected chi connectivity index (χ3v) is 6.27. The highest BCUT2D eigenvalue weighted by molar-refractivity contribution is 5.82. The molecule has 1 atom stereocenters. The molecule has 5 nitrogen and oxygen atoms in total. The van der Waals surface area contributed by atoms with Crippen LogP contribution >= 0.6 is 0 Å². The van der Waals surface area contributed by atoms with E-state index in [1.54, 1.807) is 18.2 Å². The summed E-state index contributed by atoms with van der Waals surface area (Å²) in [7, 11) is 0. The summed E-state index contributed by atoms with van der Waals surface area (Å²) in [4.78, 5) is 29.9. The van der Waals surface area contributed by atoms with Gasteiger partial charge in [0.1, 0.15) is 5.82 Å². The number of nitrogens with zero attached hydrogens (tertiary/aromatic N) is 2. The lowest BCUT2D eigenvalue weighted by atomic mass is 9.91. The van der Waals surface area contributed by atoms with Crippen LogP contribution < -0.4 is 5.32 Å². The van der Waals surface area contributed by atoms with Gasteiger partial charge in [-0.15, -0.1) is 0 Å². The molecule has 0 spiro atoms. The molecule has 0 aromatic heterocycles. The lowest BCUT2D eigenvalue weighted by Gasteiger charge is -2.41. The fourth-order valence-corrected chi connectivity index (χ4v) is 4.69. The normalized spacial score (nSPS) is 19.7. The van der Waals surface area contributed by atoms with Crippen molar-refractivity contribution in [1.29, 1.82) is 0 Å². The van der Waals surface area contributed by atoms with Crippen LogP contribution in [0.15, 0.2) is 24.3 Å². The first-order valence-corrected chi connectivity index (χ1v) is 11.3. The number of benzene rings is 1. The molecule has 1 aliphatic heterocycles. The van der Waals surface area contributed by atoms with Gasteiger partial charge in [-0.05, 0) is 30.2 Å². The minimum absolute atomic E-state index is 0.0142. The van der Waals surface area contributed by atoms with Gasteiger partial charge >= 0.3 is 0 Å². The Labute approximate surface area is 180 Å². The Bertz CT molecular complexity index is 732. The second-order valence-corrected chi connectivity index (χ2v) is 9.95. The van der Waals surface area contributed by atoms with Crippen molar-refractivity contribution in [3.63, 3.8) is 0 Å². The summed E-state index contributed by atoms with van der Waals surface area (Å²) in [5.74, 6) is 0.229. The highest BCUT2D eigenvalue weighted by atomic mass is 19.1. The number of halogens is 1. The molecule has 166 valence electrons. The Morgan fingerprint density at radius 2 is 1.73 bits per heavy atom. The van der Waals surface area contributed by atoms with E-state index in [-0.39, 0.29) is 35.6 Å².